The SMILES string of the molecule is c1ccc(-c2ccc3c(c2)C2(c4ccccc4-3)c3ccccc3-c3ccc(N(c4ccc(-c5cccc6ccccc56)cc4)c4cccc(-c5ccc6ccccc6c5)c4)cc32)cc1. The average Bonchev–Trinajstić information content (AvgIpc) is 3.83. The van der Waals surface area contributed by atoms with Crippen molar-refractivity contribution in [3.8, 4) is 55.6 Å². The monoisotopic (exact) mass is 811 g/mol. The third-order valence-corrected chi connectivity index (χ3v) is 13.9. The maximum absolute atomic E-state index is 2.50. The van der Waals surface area contributed by atoms with Crippen molar-refractivity contribution < 1.29 is 0 Å². The van der Waals surface area contributed by atoms with Crippen LogP contribution < -0.4 is 4.90 Å². The largest absolute Gasteiger partial charge is 0.310 e. The molecule has 0 bridgehead atoms. The first kappa shape index (κ1) is 36.4. The fourth-order valence-electron chi connectivity index (χ4n) is 11.0. The van der Waals surface area contributed by atoms with Crippen LogP contribution in [0, 0.1) is 0 Å². The Balaban J connectivity index is 1.03. The fraction of sp³-hybridized carbons (Fsp3) is 0.0159. The number of fused-ring (bicyclic) bond motifs is 12. The minimum Gasteiger partial charge on any atom is -0.310 e. The first-order valence-corrected chi connectivity index (χ1v) is 22.2. The topological polar surface area (TPSA) is 3.24 Å². The van der Waals surface area contributed by atoms with Crippen molar-refractivity contribution >= 4 is 38.6 Å². The molecule has 1 unspecified atom stereocenters. The molecule has 1 atom stereocenters. The second-order valence-electron chi connectivity index (χ2n) is 17.2. The highest BCUT2D eigenvalue weighted by molar-refractivity contribution is 5.99. The molecule has 13 rings (SSSR count). The summed E-state index contributed by atoms with van der Waals surface area (Å²) in [4.78, 5) is 2.45. The molecular formula is C63H41N. The Morgan fingerprint density at radius 1 is 0.234 bits per heavy atom. The zero-order valence-corrected chi connectivity index (χ0v) is 35.1. The molecule has 0 N–H and O–H groups in total. The van der Waals surface area contributed by atoms with Crippen LogP contribution in [0.15, 0.2) is 249 Å². The highest BCUT2D eigenvalue weighted by atomic mass is 15.1. The highest BCUT2D eigenvalue weighted by Gasteiger charge is 2.52. The van der Waals surface area contributed by atoms with Gasteiger partial charge in [0.1, 0.15) is 0 Å². The molecule has 0 amide bonds. The molecule has 0 saturated carbocycles. The van der Waals surface area contributed by atoms with Crippen molar-refractivity contribution in [2.45, 2.75) is 5.41 Å². The molecule has 0 radical (unpaired) electrons. The number of hydrogen-bond donors (Lipinski definition) is 0. The standard InChI is InChI=1S/C63H41N/c1-2-14-42(15-3-1)49-32-36-57-55-23-8-10-26-59(55)63(61(57)40-49)60-27-11-9-24-56(60)58-37-35-52(41-62(58)63)64(50-33-30-45(31-34-50)54-25-13-19-44-17-6-7-22-53(44)54)51-21-12-20-47(39-51)48-29-28-43-16-4-5-18-46(43)38-48/h1-41H. The zero-order chi connectivity index (χ0) is 42.2. The third-order valence-electron chi connectivity index (χ3n) is 13.9. The number of anilines is 3. The van der Waals surface area contributed by atoms with Gasteiger partial charge in [0.2, 0.25) is 0 Å². The number of nitrogens with zero attached hydrogens (tertiary/aromatic N) is 1. The highest BCUT2D eigenvalue weighted by Crippen LogP contribution is 2.63. The van der Waals surface area contributed by atoms with Gasteiger partial charge in [0.25, 0.3) is 0 Å². The Kier molecular flexibility index (Phi) is 8.20. The van der Waals surface area contributed by atoms with Gasteiger partial charge in [-0.1, -0.05) is 200 Å². The van der Waals surface area contributed by atoms with Gasteiger partial charge < -0.3 is 4.90 Å². The lowest BCUT2D eigenvalue weighted by atomic mass is 9.70. The van der Waals surface area contributed by atoms with Gasteiger partial charge in [0.05, 0.1) is 5.41 Å². The van der Waals surface area contributed by atoms with Gasteiger partial charge in [-0.3, -0.25) is 0 Å². The van der Waals surface area contributed by atoms with Gasteiger partial charge in [-0.15, -0.1) is 0 Å². The van der Waals surface area contributed by atoms with Crippen molar-refractivity contribution in [1.82, 2.24) is 0 Å². The van der Waals surface area contributed by atoms with Crippen molar-refractivity contribution in [3.63, 3.8) is 0 Å². The molecule has 0 heterocycles. The average molecular weight is 812 g/mol. The molecular weight excluding hydrogens is 771 g/mol. The summed E-state index contributed by atoms with van der Waals surface area (Å²) < 4.78 is 0. The van der Waals surface area contributed by atoms with E-state index in [4.69, 9.17) is 0 Å². The molecule has 64 heavy (non-hydrogen) atoms. The smallest absolute Gasteiger partial charge is 0.0726 e. The summed E-state index contributed by atoms with van der Waals surface area (Å²) in [5, 5.41) is 4.99. The first-order chi connectivity index (χ1) is 31.7. The minimum atomic E-state index is -0.504. The normalized spacial score (nSPS) is 14.3. The lowest BCUT2D eigenvalue weighted by molar-refractivity contribution is 0.794. The van der Waals surface area contributed by atoms with Crippen LogP contribution in [0.3, 0.4) is 0 Å². The number of hydrogen-bond acceptors (Lipinski definition) is 1. The second-order valence-corrected chi connectivity index (χ2v) is 17.2. The molecule has 1 spiro atoms. The minimum absolute atomic E-state index is 0.504. The molecule has 2 aliphatic rings. The molecule has 298 valence electrons. The molecule has 0 aliphatic heterocycles. The molecule has 11 aromatic carbocycles. The summed E-state index contributed by atoms with van der Waals surface area (Å²) in [6.45, 7) is 0. The molecule has 0 saturated heterocycles. The van der Waals surface area contributed by atoms with Gasteiger partial charge in [0, 0.05) is 17.1 Å². The van der Waals surface area contributed by atoms with Gasteiger partial charge >= 0.3 is 0 Å². The summed E-state index contributed by atoms with van der Waals surface area (Å²) in [5.74, 6) is 0. The lowest BCUT2D eigenvalue weighted by Crippen LogP contribution is -2.26. The maximum atomic E-state index is 2.50. The first-order valence-electron chi connectivity index (χ1n) is 22.2. The van der Waals surface area contributed by atoms with Crippen LogP contribution in [-0.4, -0.2) is 0 Å². The van der Waals surface area contributed by atoms with E-state index in [-0.39, 0.29) is 0 Å². The number of rotatable bonds is 6. The van der Waals surface area contributed by atoms with Crippen molar-refractivity contribution in [2.24, 2.45) is 0 Å². The molecule has 2 aliphatic carbocycles. The molecule has 1 heteroatoms. The quantitative estimate of drug-likeness (QED) is 0.162. The fourth-order valence-corrected chi connectivity index (χ4v) is 11.0. The van der Waals surface area contributed by atoms with E-state index in [1.807, 2.05) is 0 Å². The van der Waals surface area contributed by atoms with E-state index in [1.54, 1.807) is 0 Å². The van der Waals surface area contributed by atoms with Gasteiger partial charge in [-0.2, -0.15) is 0 Å². The van der Waals surface area contributed by atoms with E-state index in [0.717, 1.165) is 17.1 Å². The molecule has 0 fully saturated rings. The van der Waals surface area contributed by atoms with Crippen LogP contribution in [0.1, 0.15) is 22.3 Å². The molecule has 0 aromatic heterocycles. The van der Waals surface area contributed by atoms with E-state index < -0.39 is 5.41 Å². The van der Waals surface area contributed by atoms with E-state index >= 15 is 0 Å². The van der Waals surface area contributed by atoms with Crippen LogP contribution in [0.5, 0.6) is 0 Å². The van der Waals surface area contributed by atoms with Gasteiger partial charge in [-0.25, -0.2) is 0 Å². The van der Waals surface area contributed by atoms with E-state index in [1.165, 1.54) is 99.4 Å². The molecule has 11 aromatic rings. The Morgan fingerprint density at radius 2 is 0.734 bits per heavy atom. The molecule has 1 nitrogen and oxygen atoms in total. The number of benzene rings is 11. The summed E-state index contributed by atoms with van der Waals surface area (Å²) in [5.41, 5.74) is 20.6. The third kappa shape index (κ3) is 5.51. The Morgan fingerprint density at radius 3 is 1.53 bits per heavy atom. The second kappa shape index (κ2) is 14.4. The van der Waals surface area contributed by atoms with Crippen LogP contribution in [0.4, 0.5) is 17.1 Å². The van der Waals surface area contributed by atoms with Crippen molar-refractivity contribution in [1.29, 1.82) is 0 Å². The van der Waals surface area contributed by atoms with Crippen molar-refractivity contribution in [3.05, 3.63) is 271 Å². The van der Waals surface area contributed by atoms with Crippen LogP contribution in [-0.2, 0) is 5.41 Å². The van der Waals surface area contributed by atoms with Gasteiger partial charge in [0.15, 0.2) is 0 Å². The Hall–Kier alpha value is -8.26. The maximum Gasteiger partial charge on any atom is 0.0726 e. The lowest BCUT2D eigenvalue weighted by Gasteiger charge is -2.32. The van der Waals surface area contributed by atoms with Crippen LogP contribution in [0.2, 0.25) is 0 Å². The Labute approximate surface area is 373 Å². The summed E-state index contributed by atoms with van der Waals surface area (Å²) in [6.07, 6.45) is 0. The zero-order valence-electron chi connectivity index (χ0n) is 35.1. The summed E-state index contributed by atoms with van der Waals surface area (Å²) >= 11 is 0. The van der Waals surface area contributed by atoms with Gasteiger partial charge in [-0.05, 0) is 148 Å². The van der Waals surface area contributed by atoms with E-state index in [0.29, 0.717) is 0 Å². The van der Waals surface area contributed by atoms with E-state index in [9.17, 15) is 0 Å². The predicted octanol–water partition coefficient (Wildman–Crippen LogP) is 16.8. The predicted molar refractivity (Wildman–Crippen MR) is 269 cm³/mol. The summed E-state index contributed by atoms with van der Waals surface area (Å²) in [6, 6.07) is 92.2. The van der Waals surface area contributed by atoms with Crippen LogP contribution in [0.25, 0.3) is 77.2 Å². The Bertz CT molecular complexity index is 3600. The summed E-state index contributed by atoms with van der Waals surface area (Å²) in [7, 11) is 0. The van der Waals surface area contributed by atoms with Crippen LogP contribution >= 0.6 is 0 Å². The van der Waals surface area contributed by atoms with E-state index in [2.05, 4.69) is 254 Å². The van der Waals surface area contributed by atoms with Crippen molar-refractivity contribution in [2.75, 3.05) is 4.90 Å².